The van der Waals surface area contributed by atoms with Gasteiger partial charge in [0.1, 0.15) is 11.9 Å². The summed E-state index contributed by atoms with van der Waals surface area (Å²) in [5.41, 5.74) is 0.867. The van der Waals surface area contributed by atoms with E-state index in [9.17, 15) is 8.78 Å². The molecule has 0 aliphatic heterocycles. The van der Waals surface area contributed by atoms with Crippen molar-refractivity contribution in [2.75, 3.05) is 13.7 Å². The zero-order chi connectivity index (χ0) is 12.0. The van der Waals surface area contributed by atoms with Crippen molar-refractivity contribution in [2.24, 2.45) is 0 Å². The molecule has 0 heterocycles. The van der Waals surface area contributed by atoms with Crippen molar-refractivity contribution in [3.63, 3.8) is 0 Å². The van der Waals surface area contributed by atoms with Gasteiger partial charge in [0.2, 0.25) is 0 Å². The second-order valence-corrected chi connectivity index (χ2v) is 3.34. The average molecular weight is 231 g/mol. The van der Waals surface area contributed by atoms with E-state index in [0.717, 1.165) is 5.56 Å². The molecule has 1 unspecified atom stereocenters. The van der Waals surface area contributed by atoms with Gasteiger partial charge in [0.15, 0.2) is 0 Å². The van der Waals surface area contributed by atoms with Crippen LogP contribution in [0.3, 0.4) is 0 Å². The Labute approximate surface area is 93.0 Å². The molecule has 0 radical (unpaired) electrons. The summed E-state index contributed by atoms with van der Waals surface area (Å²) in [4.78, 5) is 0. The minimum absolute atomic E-state index is 0.143. The number of hydrogen-bond acceptors (Lipinski definition) is 3. The van der Waals surface area contributed by atoms with Crippen molar-refractivity contribution in [3.05, 3.63) is 29.8 Å². The number of para-hydroxylation sites is 1. The van der Waals surface area contributed by atoms with Gasteiger partial charge < -0.3 is 15.2 Å². The van der Waals surface area contributed by atoms with Gasteiger partial charge in [-0.25, -0.2) is 8.78 Å². The lowest BCUT2D eigenvalue weighted by atomic mass is 10.2. The lowest BCUT2D eigenvalue weighted by Gasteiger charge is -2.12. The van der Waals surface area contributed by atoms with Crippen LogP contribution in [0.1, 0.15) is 5.56 Å². The molecule has 0 aromatic heterocycles. The Kier molecular flexibility index (Phi) is 5.14. The van der Waals surface area contributed by atoms with Crippen molar-refractivity contribution < 1.29 is 18.6 Å². The molecule has 1 atom stereocenters. The second-order valence-electron chi connectivity index (χ2n) is 3.34. The third-order valence-corrected chi connectivity index (χ3v) is 2.15. The van der Waals surface area contributed by atoms with E-state index in [1.165, 1.54) is 0 Å². The molecule has 0 saturated carbocycles. The van der Waals surface area contributed by atoms with Crippen LogP contribution in [-0.4, -0.2) is 31.3 Å². The molecule has 16 heavy (non-hydrogen) atoms. The van der Waals surface area contributed by atoms with Crippen LogP contribution in [-0.2, 0) is 6.54 Å². The van der Waals surface area contributed by atoms with Gasteiger partial charge >= 0.3 is 0 Å². The van der Waals surface area contributed by atoms with Gasteiger partial charge in [-0.1, -0.05) is 18.2 Å². The first-order valence-corrected chi connectivity index (χ1v) is 4.94. The quantitative estimate of drug-likeness (QED) is 0.777. The fraction of sp³-hybridized carbons (Fsp3) is 0.455. The van der Waals surface area contributed by atoms with Crippen molar-refractivity contribution in [2.45, 2.75) is 19.1 Å². The number of aliphatic hydroxyl groups excluding tert-OH is 1. The number of ether oxygens (including phenoxy) is 1. The average Bonchev–Trinajstić information content (AvgIpc) is 2.29. The van der Waals surface area contributed by atoms with Gasteiger partial charge in [-0.2, -0.15) is 0 Å². The van der Waals surface area contributed by atoms with Crippen molar-refractivity contribution in [1.29, 1.82) is 0 Å². The van der Waals surface area contributed by atoms with E-state index < -0.39 is 12.5 Å². The maximum absolute atomic E-state index is 12.0. The zero-order valence-corrected chi connectivity index (χ0v) is 8.99. The lowest BCUT2D eigenvalue weighted by Crippen LogP contribution is -2.31. The van der Waals surface area contributed by atoms with Crippen LogP contribution in [0.25, 0.3) is 0 Å². The minimum atomic E-state index is -2.72. The highest BCUT2D eigenvalue weighted by Gasteiger charge is 2.15. The summed E-state index contributed by atoms with van der Waals surface area (Å²) in [6, 6.07) is 7.29. The number of aliphatic hydroxyl groups is 1. The standard InChI is InChI=1S/C11H15F2NO2/c1-16-10-5-3-2-4-8(10)6-14-7-9(15)11(12)13/h2-5,9,11,14-15H,6-7H2,1H3. The van der Waals surface area contributed by atoms with E-state index in [1.54, 1.807) is 13.2 Å². The van der Waals surface area contributed by atoms with Crippen LogP contribution >= 0.6 is 0 Å². The first kappa shape index (κ1) is 12.9. The number of alkyl halides is 2. The van der Waals surface area contributed by atoms with Crippen molar-refractivity contribution in [3.8, 4) is 5.75 Å². The van der Waals surface area contributed by atoms with Gasteiger partial charge in [-0.15, -0.1) is 0 Å². The van der Waals surface area contributed by atoms with Gasteiger partial charge in [0, 0.05) is 18.7 Å². The fourth-order valence-electron chi connectivity index (χ4n) is 1.29. The third kappa shape index (κ3) is 3.75. The summed E-state index contributed by atoms with van der Waals surface area (Å²) in [5.74, 6) is 0.696. The molecule has 0 spiro atoms. The van der Waals surface area contributed by atoms with Crippen LogP contribution in [0.2, 0.25) is 0 Å². The second kappa shape index (κ2) is 6.40. The number of hydrogen-bond donors (Lipinski definition) is 2. The SMILES string of the molecule is COc1ccccc1CNCC(O)C(F)F. The molecular weight excluding hydrogens is 216 g/mol. The highest BCUT2D eigenvalue weighted by molar-refractivity contribution is 5.32. The van der Waals surface area contributed by atoms with E-state index in [-0.39, 0.29) is 6.54 Å². The number of rotatable bonds is 6. The molecular formula is C11H15F2NO2. The smallest absolute Gasteiger partial charge is 0.265 e. The molecule has 0 amide bonds. The molecule has 5 heteroatoms. The van der Waals surface area contributed by atoms with Crippen LogP contribution < -0.4 is 10.1 Å². The Balaban J connectivity index is 2.42. The fourth-order valence-corrected chi connectivity index (χ4v) is 1.29. The molecule has 0 saturated heterocycles. The van der Waals surface area contributed by atoms with Gasteiger partial charge in [0.05, 0.1) is 7.11 Å². The molecule has 0 aliphatic rings. The maximum Gasteiger partial charge on any atom is 0.265 e. The molecule has 0 fully saturated rings. The Bertz CT molecular complexity index is 321. The topological polar surface area (TPSA) is 41.5 Å². The normalized spacial score (nSPS) is 12.8. The number of methoxy groups -OCH3 is 1. The van der Waals surface area contributed by atoms with E-state index in [1.807, 2.05) is 18.2 Å². The summed E-state index contributed by atoms with van der Waals surface area (Å²) < 4.78 is 29.1. The highest BCUT2D eigenvalue weighted by Crippen LogP contribution is 2.16. The third-order valence-electron chi connectivity index (χ3n) is 2.15. The molecule has 1 aromatic rings. The molecule has 1 rings (SSSR count). The minimum Gasteiger partial charge on any atom is -0.496 e. The molecule has 1 aromatic carbocycles. The summed E-state index contributed by atoms with van der Waals surface area (Å²) in [6.07, 6.45) is -4.35. The van der Waals surface area contributed by atoms with Crippen molar-refractivity contribution >= 4 is 0 Å². The largest absolute Gasteiger partial charge is 0.496 e. The zero-order valence-electron chi connectivity index (χ0n) is 8.99. The van der Waals surface area contributed by atoms with Crippen LogP contribution in [0.5, 0.6) is 5.75 Å². The Morgan fingerprint density at radius 2 is 2.06 bits per heavy atom. The van der Waals surface area contributed by atoms with E-state index >= 15 is 0 Å². The maximum atomic E-state index is 12.0. The summed E-state index contributed by atoms with van der Waals surface area (Å²) in [7, 11) is 1.55. The van der Waals surface area contributed by atoms with E-state index in [0.29, 0.717) is 12.3 Å². The predicted octanol–water partition coefficient (Wildman–Crippen LogP) is 1.41. The Morgan fingerprint density at radius 3 is 2.69 bits per heavy atom. The number of benzene rings is 1. The Hall–Kier alpha value is -1.20. The molecule has 2 N–H and O–H groups in total. The molecule has 3 nitrogen and oxygen atoms in total. The molecule has 0 aliphatic carbocycles. The summed E-state index contributed by atoms with van der Waals surface area (Å²) >= 11 is 0. The van der Waals surface area contributed by atoms with Gasteiger partial charge in [0.25, 0.3) is 6.43 Å². The van der Waals surface area contributed by atoms with Crippen molar-refractivity contribution in [1.82, 2.24) is 5.32 Å². The number of halogens is 2. The number of nitrogens with one attached hydrogen (secondary N) is 1. The van der Waals surface area contributed by atoms with Crippen LogP contribution in [0.15, 0.2) is 24.3 Å². The Morgan fingerprint density at radius 1 is 1.38 bits per heavy atom. The van der Waals surface area contributed by atoms with Gasteiger partial charge in [-0.3, -0.25) is 0 Å². The van der Waals surface area contributed by atoms with Crippen LogP contribution in [0, 0.1) is 0 Å². The summed E-state index contributed by atoms with van der Waals surface area (Å²) in [6.45, 7) is 0.240. The summed E-state index contributed by atoms with van der Waals surface area (Å²) in [5, 5.41) is 11.6. The van der Waals surface area contributed by atoms with E-state index in [4.69, 9.17) is 9.84 Å². The van der Waals surface area contributed by atoms with Crippen LogP contribution in [0.4, 0.5) is 8.78 Å². The first-order valence-electron chi connectivity index (χ1n) is 4.94. The predicted molar refractivity (Wildman–Crippen MR) is 56.7 cm³/mol. The van der Waals surface area contributed by atoms with E-state index in [2.05, 4.69) is 5.32 Å². The van der Waals surface area contributed by atoms with Gasteiger partial charge in [-0.05, 0) is 6.07 Å². The monoisotopic (exact) mass is 231 g/mol. The molecule has 0 bridgehead atoms. The lowest BCUT2D eigenvalue weighted by molar-refractivity contribution is -0.00342. The molecule has 90 valence electrons. The highest BCUT2D eigenvalue weighted by atomic mass is 19.3. The first-order chi connectivity index (χ1) is 7.65.